The van der Waals surface area contributed by atoms with Crippen molar-refractivity contribution in [2.45, 2.75) is 20.4 Å². The second-order valence-electron chi connectivity index (χ2n) is 3.18. The predicted molar refractivity (Wildman–Crippen MR) is 55.0 cm³/mol. The van der Waals surface area contributed by atoms with Gasteiger partial charge in [-0.25, -0.2) is 8.78 Å². The lowest BCUT2D eigenvalue weighted by Crippen LogP contribution is -2.20. The molecule has 0 saturated carbocycles. The summed E-state index contributed by atoms with van der Waals surface area (Å²) < 4.78 is 31.9. The van der Waals surface area contributed by atoms with Gasteiger partial charge in [0.2, 0.25) is 5.91 Å². The first kappa shape index (κ1) is 12.4. The summed E-state index contributed by atoms with van der Waals surface area (Å²) in [7, 11) is 0. The fraction of sp³-hybridized carbons (Fsp3) is 0.364. The van der Waals surface area contributed by atoms with E-state index in [1.54, 1.807) is 6.92 Å². The van der Waals surface area contributed by atoms with Gasteiger partial charge in [-0.2, -0.15) is 0 Å². The molecule has 0 bridgehead atoms. The average molecular weight is 229 g/mol. The summed E-state index contributed by atoms with van der Waals surface area (Å²) in [4.78, 5) is 10.7. The standard InChI is InChI=1S/C11H13F2NO2/c1-3-16-10-5-4-9(12)8(11(10)13)6-14-7(2)15/h4-5H,3,6H2,1-2H3,(H,14,15). The number of carbonyl (C=O) groups excluding carboxylic acids is 1. The minimum Gasteiger partial charge on any atom is -0.491 e. The minimum absolute atomic E-state index is 0.00995. The van der Waals surface area contributed by atoms with Gasteiger partial charge in [0.1, 0.15) is 5.82 Å². The van der Waals surface area contributed by atoms with Crippen LogP contribution in [-0.2, 0) is 11.3 Å². The highest BCUT2D eigenvalue weighted by atomic mass is 19.1. The number of hydrogen-bond donors (Lipinski definition) is 1. The molecule has 88 valence electrons. The Kier molecular flexibility index (Phi) is 4.22. The van der Waals surface area contributed by atoms with Gasteiger partial charge in [0.15, 0.2) is 11.6 Å². The number of ether oxygens (including phenoxy) is 1. The molecule has 16 heavy (non-hydrogen) atoms. The zero-order valence-electron chi connectivity index (χ0n) is 9.14. The van der Waals surface area contributed by atoms with Crippen LogP contribution in [0.1, 0.15) is 19.4 Å². The highest BCUT2D eigenvalue weighted by Gasteiger charge is 2.14. The Bertz CT molecular complexity index is 394. The summed E-state index contributed by atoms with van der Waals surface area (Å²) in [6, 6.07) is 2.34. The SMILES string of the molecule is CCOc1ccc(F)c(CNC(C)=O)c1F. The monoisotopic (exact) mass is 229 g/mol. The number of rotatable bonds is 4. The number of amides is 1. The first-order chi connectivity index (χ1) is 7.56. The highest BCUT2D eigenvalue weighted by molar-refractivity contribution is 5.72. The molecule has 5 heteroatoms. The van der Waals surface area contributed by atoms with E-state index in [1.165, 1.54) is 13.0 Å². The van der Waals surface area contributed by atoms with Crippen LogP contribution in [0.3, 0.4) is 0 Å². The van der Waals surface area contributed by atoms with E-state index < -0.39 is 11.6 Å². The third-order valence-electron chi connectivity index (χ3n) is 1.96. The molecule has 1 aromatic rings. The number of benzene rings is 1. The summed E-state index contributed by atoms with van der Waals surface area (Å²) >= 11 is 0. The van der Waals surface area contributed by atoms with Crippen molar-refractivity contribution < 1.29 is 18.3 Å². The molecule has 1 amide bonds. The molecule has 0 radical (unpaired) electrons. The highest BCUT2D eigenvalue weighted by Crippen LogP contribution is 2.23. The smallest absolute Gasteiger partial charge is 0.217 e. The topological polar surface area (TPSA) is 38.3 Å². The molecule has 0 aromatic heterocycles. The van der Waals surface area contributed by atoms with E-state index in [2.05, 4.69) is 5.32 Å². The van der Waals surface area contributed by atoms with Gasteiger partial charge in [-0.05, 0) is 19.1 Å². The lowest BCUT2D eigenvalue weighted by Gasteiger charge is -2.10. The van der Waals surface area contributed by atoms with Gasteiger partial charge in [-0.1, -0.05) is 0 Å². The van der Waals surface area contributed by atoms with Gasteiger partial charge in [0, 0.05) is 19.0 Å². The van der Waals surface area contributed by atoms with Crippen molar-refractivity contribution in [3.8, 4) is 5.75 Å². The average Bonchev–Trinajstić information content (AvgIpc) is 2.22. The molecule has 0 heterocycles. The van der Waals surface area contributed by atoms with Crippen LogP contribution in [0.4, 0.5) is 8.78 Å². The molecule has 0 aliphatic heterocycles. The molecule has 1 rings (SSSR count). The zero-order chi connectivity index (χ0) is 12.1. The quantitative estimate of drug-likeness (QED) is 0.857. The van der Waals surface area contributed by atoms with E-state index in [-0.39, 0.29) is 23.8 Å². The summed E-state index contributed by atoms with van der Waals surface area (Å²) in [5.41, 5.74) is -0.193. The molecule has 1 aromatic carbocycles. The van der Waals surface area contributed by atoms with Crippen molar-refractivity contribution in [2.24, 2.45) is 0 Å². The lowest BCUT2D eigenvalue weighted by atomic mass is 10.2. The first-order valence-electron chi connectivity index (χ1n) is 4.90. The molecule has 0 spiro atoms. The van der Waals surface area contributed by atoms with Crippen LogP contribution in [-0.4, -0.2) is 12.5 Å². The van der Waals surface area contributed by atoms with Crippen molar-refractivity contribution in [3.63, 3.8) is 0 Å². The molecule has 1 N–H and O–H groups in total. The van der Waals surface area contributed by atoms with E-state index in [4.69, 9.17) is 4.74 Å². The molecule has 3 nitrogen and oxygen atoms in total. The second kappa shape index (κ2) is 5.44. The van der Waals surface area contributed by atoms with Crippen LogP contribution >= 0.6 is 0 Å². The Morgan fingerprint density at radius 3 is 2.69 bits per heavy atom. The minimum atomic E-state index is -0.768. The Hall–Kier alpha value is -1.65. The fourth-order valence-electron chi connectivity index (χ4n) is 1.22. The molecule has 0 aliphatic rings. The van der Waals surface area contributed by atoms with Gasteiger partial charge in [-0.15, -0.1) is 0 Å². The Morgan fingerprint density at radius 2 is 2.12 bits per heavy atom. The number of carbonyl (C=O) groups is 1. The molecule has 0 fully saturated rings. The maximum atomic E-state index is 13.7. The van der Waals surface area contributed by atoms with Crippen molar-refractivity contribution in [2.75, 3.05) is 6.61 Å². The number of hydrogen-bond acceptors (Lipinski definition) is 2. The zero-order valence-corrected chi connectivity index (χ0v) is 9.14. The van der Waals surface area contributed by atoms with Gasteiger partial charge in [-0.3, -0.25) is 4.79 Å². The van der Waals surface area contributed by atoms with Gasteiger partial charge in [0.05, 0.1) is 6.61 Å². The summed E-state index contributed by atoms with van der Waals surface area (Å²) in [6.45, 7) is 3.09. The van der Waals surface area contributed by atoms with Crippen LogP contribution in [0, 0.1) is 11.6 Å². The lowest BCUT2D eigenvalue weighted by molar-refractivity contribution is -0.119. The van der Waals surface area contributed by atoms with Crippen LogP contribution in [0.25, 0.3) is 0 Å². The maximum absolute atomic E-state index is 13.7. The van der Waals surface area contributed by atoms with Crippen LogP contribution < -0.4 is 10.1 Å². The largest absolute Gasteiger partial charge is 0.491 e. The Morgan fingerprint density at radius 1 is 1.44 bits per heavy atom. The van der Waals surface area contributed by atoms with Crippen molar-refractivity contribution in [1.82, 2.24) is 5.32 Å². The van der Waals surface area contributed by atoms with Gasteiger partial charge in [0.25, 0.3) is 0 Å². The Labute approximate surface area is 92.4 Å². The summed E-state index contributed by atoms with van der Waals surface area (Å²) in [6.07, 6.45) is 0. The fourth-order valence-corrected chi connectivity index (χ4v) is 1.22. The molecular weight excluding hydrogens is 216 g/mol. The third kappa shape index (κ3) is 2.92. The van der Waals surface area contributed by atoms with E-state index in [9.17, 15) is 13.6 Å². The van der Waals surface area contributed by atoms with Crippen LogP contribution in [0.2, 0.25) is 0 Å². The van der Waals surface area contributed by atoms with Crippen LogP contribution in [0.5, 0.6) is 5.75 Å². The summed E-state index contributed by atoms with van der Waals surface area (Å²) in [5, 5.41) is 2.34. The number of nitrogens with one attached hydrogen (secondary N) is 1. The molecule has 0 aliphatic carbocycles. The van der Waals surface area contributed by atoms with Gasteiger partial charge < -0.3 is 10.1 Å². The Balaban J connectivity index is 2.96. The predicted octanol–water partition coefficient (Wildman–Crippen LogP) is 2.00. The van der Waals surface area contributed by atoms with E-state index >= 15 is 0 Å². The first-order valence-corrected chi connectivity index (χ1v) is 4.90. The van der Waals surface area contributed by atoms with Crippen LogP contribution in [0.15, 0.2) is 12.1 Å². The normalized spacial score (nSPS) is 10.0. The number of halogens is 2. The maximum Gasteiger partial charge on any atom is 0.217 e. The molecule has 0 atom stereocenters. The van der Waals surface area contributed by atoms with Gasteiger partial charge >= 0.3 is 0 Å². The molecular formula is C11H13F2NO2. The van der Waals surface area contributed by atoms with Crippen molar-refractivity contribution in [1.29, 1.82) is 0 Å². The van der Waals surface area contributed by atoms with Crippen molar-refractivity contribution >= 4 is 5.91 Å². The molecule has 0 unspecified atom stereocenters. The summed E-state index contributed by atoms with van der Waals surface area (Å²) in [5.74, 6) is -1.82. The second-order valence-corrected chi connectivity index (χ2v) is 3.18. The molecule has 0 saturated heterocycles. The third-order valence-corrected chi connectivity index (χ3v) is 1.96. The van der Waals surface area contributed by atoms with E-state index in [0.717, 1.165) is 6.07 Å². The van der Waals surface area contributed by atoms with E-state index in [0.29, 0.717) is 6.61 Å². The van der Waals surface area contributed by atoms with E-state index in [1.807, 2.05) is 0 Å². The van der Waals surface area contributed by atoms with Crippen molar-refractivity contribution in [3.05, 3.63) is 29.3 Å².